The van der Waals surface area contributed by atoms with Crippen molar-refractivity contribution in [3.8, 4) is 0 Å². The molecule has 0 amide bonds. The first-order chi connectivity index (χ1) is 10.1. The number of aryl methyl sites for hydroxylation is 1. The van der Waals surface area contributed by atoms with E-state index in [0.29, 0.717) is 5.92 Å². The number of hydrogen-bond acceptors (Lipinski definition) is 4. The third kappa shape index (κ3) is 4.19. The van der Waals surface area contributed by atoms with Gasteiger partial charge in [0.25, 0.3) is 0 Å². The van der Waals surface area contributed by atoms with E-state index in [9.17, 15) is 5.11 Å². The molecule has 0 spiro atoms. The second kappa shape index (κ2) is 7.43. The summed E-state index contributed by atoms with van der Waals surface area (Å²) in [6, 6.07) is 5.77. The third-order valence-electron chi connectivity index (χ3n) is 4.34. The molecule has 1 aliphatic carbocycles. The minimum Gasteiger partial charge on any atom is -0.409 e. The first kappa shape index (κ1) is 15.8. The van der Waals surface area contributed by atoms with Crippen molar-refractivity contribution in [3.63, 3.8) is 0 Å². The molecule has 2 unspecified atom stereocenters. The summed E-state index contributed by atoms with van der Waals surface area (Å²) in [5, 5.41) is 25.1. The molecular formula is C16H25N3O2. The molecule has 0 saturated heterocycles. The summed E-state index contributed by atoms with van der Waals surface area (Å²) in [6.45, 7) is 3.63. The van der Waals surface area contributed by atoms with Crippen LogP contribution in [0.4, 0.5) is 0 Å². The molecule has 0 heterocycles. The fourth-order valence-electron chi connectivity index (χ4n) is 2.93. The molecule has 5 nitrogen and oxygen atoms in total. The zero-order valence-electron chi connectivity index (χ0n) is 12.5. The first-order valence-corrected chi connectivity index (χ1v) is 7.58. The summed E-state index contributed by atoms with van der Waals surface area (Å²) < 4.78 is 0. The largest absolute Gasteiger partial charge is 0.409 e. The van der Waals surface area contributed by atoms with Gasteiger partial charge in [0.05, 0.1) is 6.10 Å². The minimum absolute atomic E-state index is 0.128. The number of hydrogen-bond donors (Lipinski definition) is 4. The molecule has 1 aromatic rings. The quantitative estimate of drug-likeness (QED) is 0.288. The molecule has 1 saturated carbocycles. The van der Waals surface area contributed by atoms with Gasteiger partial charge in [0.15, 0.2) is 5.84 Å². The van der Waals surface area contributed by atoms with Crippen LogP contribution in [0.5, 0.6) is 0 Å². The highest BCUT2D eigenvalue weighted by atomic mass is 16.4. The van der Waals surface area contributed by atoms with E-state index < -0.39 is 0 Å². The number of oxime groups is 1. The van der Waals surface area contributed by atoms with Gasteiger partial charge in [-0.3, -0.25) is 0 Å². The number of nitrogens with zero attached hydrogens (tertiary/aromatic N) is 1. The van der Waals surface area contributed by atoms with Gasteiger partial charge in [-0.2, -0.15) is 0 Å². The van der Waals surface area contributed by atoms with Crippen molar-refractivity contribution in [3.05, 3.63) is 34.9 Å². The second-order valence-electron chi connectivity index (χ2n) is 5.87. The molecule has 1 aromatic carbocycles. The predicted octanol–water partition coefficient (Wildman–Crippen LogP) is 1.73. The molecule has 116 valence electrons. The lowest BCUT2D eigenvalue weighted by atomic mass is 9.86. The molecule has 0 aromatic heterocycles. The fraction of sp³-hybridized carbons (Fsp3) is 0.562. The summed E-state index contributed by atoms with van der Waals surface area (Å²) in [6.07, 6.45) is 4.24. The van der Waals surface area contributed by atoms with Crippen LogP contribution < -0.4 is 11.1 Å². The summed E-state index contributed by atoms with van der Waals surface area (Å²) >= 11 is 0. The Kier molecular flexibility index (Phi) is 5.59. The maximum Gasteiger partial charge on any atom is 0.170 e. The molecule has 0 aliphatic heterocycles. The van der Waals surface area contributed by atoms with Crippen LogP contribution in [0.3, 0.4) is 0 Å². The van der Waals surface area contributed by atoms with E-state index in [-0.39, 0.29) is 11.9 Å². The zero-order valence-corrected chi connectivity index (χ0v) is 12.5. The van der Waals surface area contributed by atoms with Gasteiger partial charge in [0.2, 0.25) is 0 Å². The smallest absolute Gasteiger partial charge is 0.170 e. The van der Waals surface area contributed by atoms with Crippen LogP contribution in [0.2, 0.25) is 0 Å². The molecule has 2 atom stereocenters. The van der Waals surface area contributed by atoms with Crippen LogP contribution in [-0.4, -0.2) is 28.8 Å². The molecule has 21 heavy (non-hydrogen) atoms. The summed E-state index contributed by atoms with van der Waals surface area (Å²) in [5.41, 5.74) is 8.60. The topological polar surface area (TPSA) is 90.9 Å². The van der Waals surface area contributed by atoms with Crippen molar-refractivity contribution in [2.75, 3.05) is 6.54 Å². The Morgan fingerprint density at radius 2 is 2.14 bits per heavy atom. The molecule has 5 heteroatoms. The van der Waals surface area contributed by atoms with Gasteiger partial charge < -0.3 is 21.4 Å². The molecule has 5 N–H and O–H groups in total. The molecule has 2 rings (SSSR count). The third-order valence-corrected chi connectivity index (χ3v) is 4.34. The van der Waals surface area contributed by atoms with Crippen molar-refractivity contribution in [2.24, 2.45) is 16.8 Å². The summed E-state index contributed by atoms with van der Waals surface area (Å²) in [7, 11) is 0. The standard InChI is InChI=1S/C16H25N3O2/c1-11-8-12(16(17)19-21)6-7-13(11)9-18-10-14-4-2-3-5-15(14)20/h6-8,14-15,18,20-21H,2-5,9-10H2,1H3,(H2,17,19). The van der Waals surface area contributed by atoms with Gasteiger partial charge in [-0.25, -0.2) is 0 Å². The number of amidine groups is 1. The highest BCUT2D eigenvalue weighted by Crippen LogP contribution is 2.23. The maximum atomic E-state index is 9.95. The van der Waals surface area contributed by atoms with Crippen LogP contribution in [0, 0.1) is 12.8 Å². The molecular weight excluding hydrogens is 266 g/mol. The van der Waals surface area contributed by atoms with E-state index >= 15 is 0 Å². The lowest BCUT2D eigenvalue weighted by Crippen LogP contribution is -2.33. The average Bonchev–Trinajstić information content (AvgIpc) is 2.50. The van der Waals surface area contributed by atoms with Crippen LogP contribution in [0.15, 0.2) is 23.4 Å². The predicted molar refractivity (Wildman–Crippen MR) is 83.4 cm³/mol. The molecule has 0 radical (unpaired) electrons. The highest BCUT2D eigenvalue weighted by Gasteiger charge is 2.22. The Morgan fingerprint density at radius 1 is 1.38 bits per heavy atom. The first-order valence-electron chi connectivity index (χ1n) is 7.58. The fourth-order valence-corrected chi connectivity index (χ4v) is 2.93. The van der Waals surface area contributed by atoms with Gasteiger partial charge >= 0.3 is 0 Å². The number of nitrogens with one attached hydrogen (secondary N) is 1. The van der Waals surface area contributed by atoms with E-state index in [2.05, 4.69) is 10.5 Å². The van der Waals surface area contributed by atoms with Gasteiger partial charge in [0.1, 0.15) is 0 Å². The van der Waals surface area contributed by atoms with E-state index in [1.807, 2.05) is 25.1 Å². The number of nitrogens with two attached hydrogens (primary N) is 1. The lowest BCUT2D eigenvalue weighted by molar-refractivity contribution is 0.0695. The Balaban J connectivity index is 1.88. The van der Waals surface area contributed by atoms with Crippen molar-refractivity contribution >= 4 is 5.84 Å². The zero-order chi connectivity index (χ0) is 15.2. The highest BCUT2D eigenvalue weighted by molar-refractivity contribution is 5.97. The number of aliphatic hydroxyl groups excluding tert-OH is 1. The van der Waals surface area contributed by atoms with E-state index in [1.54, 1.807) is 0 Å². The Hall–Kier alpha value is -1.59. The summed E-state index contributed by atoms with van der Waals surface area (Å²) in [5.74, 6) is 0.499. The van der Waals surface area contributed by atoms with Gasteiger partial charge in [-0.05, 0) is 42.9 Å². The average molecular weight is 291 g/mol. The van der Waals surface area contributed by atoms with Crippen molar-refractivity contribution in [1.29, 1.82) is 0 Å². The van der Waals surface area contributed by atoms with Gasteiger partial charge in [0, 0.05) is 18.7 Å². The van der Waals surface area contributed by atoms with E-state index in [4.69, 9.17) is 10.9 Å². The van der Waals surface area contributed by atoms with E-state index in [0.717, 1.165) is 43.5 Å². The van der Waals surface area contributed by atoms with Crippen molar-refractivity contribution < 1.29 is 10.3 Å². The van der Waals surface area contributed by atoms with Crippen molar-refractivity contribution in [2.45, 2.75) is 45.3 Å². The SMILES string of the molecule is Cc1cc(/C(N)=N/O)ccc1CNCC1CCCCC1O. The lowest BCUT2D eigenvalue weighted by Gasteiger charge is -2.27. The summed E-state index contributed by atoms with van der Waals surface area (Å²) in [4.78, 5) is 0. The Morgan fingerprint density at radius 3 is 2.81 bits per heavy atom. The normalized spacial score (nSPS) is 23.2. The van der Waals surface area contributed by atoms with Crippen LogP contribution in [0.1, 0.15) is 42.4 Å². The maximum absolute atomic E-state index is 9.95. The monoisotopic (exact) mass is 291 g/mol. The van der Waals surface area contributed by atoms with Crippen LogP contribution in [-0.2, 0) is 6.54 Å². The van der Waals surface area contributed by atoms with E-state index in [1.165, 1.54) is 12.0 Å². The molecule has 0 bridgehead atoms. The van der Waals surface area contributed by atoms with Crippen molar-refractivity contribution in [1.82, 2.24) is 5.32 Å². The van der Waals surface area contributed by atoms with Gasteiger partial charge in [-0.1, -0.05) is 30.1 Å². The van der Waals surface area contributed by atoms with Crippen LogP contribution in [0.25, 0.3) is 0 Å². The van der Waals surface area contributed by atoms with Gasteiger partial charge in [-0.15, -0.1) is 0 Å². The number of aliphatic hydroxyl groups is 1. The molecule has 1 aliphatic rings. The number of rotatable bonds is 5. The molecule has 1 fully saturated rings. The van der Waals surface area contributed by atoms with Crippen LogP contribution >= 0.6 is 0 Å². The minimum atomic E-state index is -0.157. The Bertz CT molecular complexity index is 502. The second-order valence-corrected chi connectivity index (χ2v) is 5.87. The number of benzene rings is 1. The Labute approximate surface area is 125 Å².